The van der Waals surface area contributed by atoms with Gasteiger partial charge in [0.25, 0.3) is 0 Å². The number of hydrogen-bond donors (Lipinski definition) is 2. The van der Waals surface area contributed by atoms with Crippen molar-refractivity contribution in [2.24, 2.45) is 0 Å². The lowest BCUT2D eigenvalue weighted by Gasteiger charge is -2.08. The molecule has 0 bridgehead atoms. The molecule has 2 N–H and O–H groups in total. The summed E-state index contributed by atoms with van der Waals surface area (Å²) in [4.78, 5) is 0. The summed E-state index contributed by atoms with van der Waals surface area (Å²) in [6, 6.07) is 0. The lowest BCUT2D eigenvalue weighted by molar-refractivity contribution is 0.148. The average molecular weight is 214 g/mol. The van der Waals surface area contributed by atoms with Crippen LogP contribution in [0.3, 0.4) is 0 Å². The Morgan fingerprint density at radius 1 is 1.00 bits per heavy atom. The van der Waals surface area contributed by atoms with Crippen molar-refractivity contribution in [3.8, 4) is 0 Å². The number of unbranched alkanes of at least 4 members (excludes halogenated alkanes) is 4. The van der Waals surface area contributed by atoms with Gasteiger partial charge in [-0.2, -0.15) is 0 Å². The number of hydrogen-bond acceptors (Lipinski definition) is 2. The van der Waals surface area contributed by atoms with E-state index in [1.807, 2.05) is 6.08 Å². The van der Waals surface area contributed by atoms with Gasteiger partial charge < -0.3 is 10.2 Å². The molecule has 0 saturated carbocycles. The molecule has 0 heterocycles. The zero-order valence-corrected chi connectivity index (χ0v) is 9.99. The van der Waals surface area contributed by atoms with Gasteiger partial charge in [0.1, 0.15) is 0 Å². The normalized spacial score (nSPS) is 13.5. The predicted octanol–water partition coefficient (Wildman–Crippen LogP) is 3.04. The Labute approximate surface area is 94.0 Å². The summed E-state index contributed by atoms with van der Waals surface area (Å²) in [5.74, 6) is 0. The SMILES string of the molecule is CCCCCCC(O)CCC/C=C/CO. The Bertz CT molecular complexity index is 143. The van der Waals surface area contributed by atoms with Gasteiger partial charge >= 0.3 is 0 Å². The molecule has 0 spiro atoms. The first-order valence-electron chi connectivity index (χ1n) is 6.25. The van der Waals surface area contributed by atoms with Crippen molar-refractivity contribution in [2.45, 2.75) is 64.4 Å². The second kappa shape index (κ2) is 11.7. The lowest BCUT2D eigenvalue weighted by atomic mass is 10.0. The zero-order chi connectivity index (χ0) is 11.4. The van der Waals surface area contributed by atoms with E-state index >= 15 is 0 Å². The average Bonchev–Trinajstić information content (AvgIpc) is 2.24. The van der Waals surface area contributed by atoms with Crippen LogP contribution in [0.1, 0.15) is 58.3 Å². The van der Waals surface area contributed by atoms with Crippen LogP contribution in [0.4, 0.5) is 0 Å². The highest BCUT2D eigenvalue weighted by Gasteiger charge is 2.02. The van der Waals surface area contributed by atoms with Gasteiger partial charge in [0.15, 0.2) is 0 Å². The molecule has 0 aliphatic heterocycles. The summed E-state index contributed by atoms with van der Waals surface area (Å²) in [7, 11) is 0. The molecule has 1 unspecified atom stereocenters. The summed E-state index contributed by atoms with van der Waals surface area (Å²) >= 11 is 0. The smallest absolute Gasteiger partial charge is 0.0612 e. The van der Waals surface area contributed by atoms with Gasteiger partial charge in [-0.1, -0.05) is 44.8 Å². The third-order valence-corrected chi connectivity index (χ3v) is 2.57. The van der Waals surface area contributed by atoms with E-state index in [1.165, 1.54) is 19.3 Å². The maximum Gasteiger partial charge on any atom is 0.0612 e. The third kappa shape index (κ3) is 11.6. The van der Waals surface area contributed by atoms with Gasteiger partial charge in [-0.05, 0) is 25.7 Å². The van der Waals surface area contributed by atoms with Crippen molar-refractivity contribution < 1.29 is 10.2 Å². The van der Waals surface area contributed by atoms with Crippen molar-refractivity contribution in [1.82, 2.24) is 0 Å². The van der Waals surface area contributed by atoms with Crippen molar-refractivity contribution in [1.29, 1.82) is 0 Å². The van der Waals surface area contributed by atoms with Crippen LogP contribution in [-0.2, 0) is 0 Å². The van der Waals surface area contributed by atoms with Crippen LogP contribution in [0.5, 0.6) is 0 Å². The summed E-state index contributed by atoms with van der Waals surface area (Å²) in [6.07, 6.45) is 12.4. The van der Waals surface area contributed by atoms with E-state index in [4.69, 9.17) is 5.11 Å². The fraction of sp³-hybridized carbons (Fsp3) is 0.846. The van der Waals surface area contributed by atoms with E-state index in [-0.39, 0.29) is 12.7 Å². The van der Waals surface area contributed by atoms with Crippen LogP contribution in [-0.4, -0.2) is 22.9 Å². The molecule has 90 valence electrons. The fourth-order valence-corrected chi connectivity index (χ4v) is 1.61. The van der Waals surface area contributed by atoms with Crippen LogP contribution in [0, 0.1) is 0 Å². The molecule has 1 atom stereocenters. The van der Waals surface area contributed by atoms with Gasteiger partial charge in [0, 0.05) is 0 Å². The minimum Gasteiger partial charge on any atom is -0.393 e. The number of allylic oxidation sites excluding steroid dienone is 1. The molecule has 0 saturated heterocycles. The van der Waals surface area contributed by atoms with Gasteiger partial charge in [0.05, 0.1) is 12.7 Å². The van der Waals surface area contributed by atoms with Crippen LogP contribution in [0.15, 0.2) is 12.2 Å². The standard InChI is InChI=1S/C13H26O2/c1-2-3-4-7-10-13(15)11-8-5-6-9-12-14/h6,9,13-15H,2-5,7-8,10-12H2,1H3/b9-6+. The molecule has 0 radical (unpaired) electrons. The minimum absolute atomic E-state index is 0.121. The lowest BCUT2D eigenvalue weighted by Crippen LogP contribution is -2.05. The van der Waals surface area contributed by atoms with Gasteiger partial charge in [-0.15, -0.1) is 0 Å². The van der Waals surface area contributed by atoms with Gasteiger partial charge in [-0.3, -0.25) is 0 Å². The van der Waals surface area contributed by atoms with E-state index in [2.05, 4.69) is 6.92 Å². The van der Waals surface area contributed by atoms with Crippen LogP contribution in [0.2, 0.25) is 0 Å². The van der Waals surface area contributed by atoms with E-state index in [9.17, 15) is 5.11 Å². The van der Waals surface area contributed by atoms with E-state index in [0.717, 1.165) is 32.1 Å². The van der Waals surface area contributed by atoms with Crippen molar-refractivity contribution in [3.63, 3.8) is 0 Å². The van der Waals surface area contributed by atoms with Gasteiger partial charge in [0.2, 0.25) is 0 Å². The molecule has 0 aromatic carbocycles. The Morgan fingerprint density at radius 3 is 2.40 bits per heavy atom. The Morgan fingerprint density at radius 2 is 1.73 bits per heavy atom. The zero-order valence-electron chi connectivity index (χ0n) is 9.99. The maximum absolute atomic E-state index is 9.63. The van der Waals surface area contributed by atoms with Crippen LogP contribution in [0.25, 0.3) is 0 Å². The van der Waals surface area contributed by atoms with Crippen molar-refractivity contribution in [3.05, 3.63) is 12.2 Å². The predicted molar refractivity (Wildman–Crippen MR) is 64.8 cm³/mol. The minimum atomic E-state index is -0.121. The first-order valence-corrected chi connectivity index (χ1v) is 6.25. The Kier molecular flexibility index (Phi) is 11.5. The highest BCUT2D eigenvalue weighted by Crippen LogP contribution is 2.10. The van der Waals surface area contributed by atoms with Crippen molar-refractivity contribution in [2.75, 3.05) is 6.61 Å². The Hall–Kier alpha value is -0.340. The molecule has 2 nitrogen and oxygen atoms in total. The van der Waals surface area contributed by atoms with Crippen LogP contribution >= 0.6 is 0 Å². The molecule has 15 heavy (non-hydrogen) atoms. The third-order valence-electron chi connectivity index (χ3n) is 2.57. The number of rotatable bonds is 10. The molecule has 0 aromatic heterocycles. The van der Waals surface area contributed by atoms with E-state index in [1.54, 1.807) is 6.08 Å². The quantitative estimate of drug-likeness (QED) is 0.433. The summed E-state index contributed by atoms with van der Waals surface area (Å²) in [6.45, 7) is 2.32. The topological polar surface area (TPSA) is 40.5 Å². The Balaban J connectivity index is 3.18. The van der Waals surface area contributed by atoms with E-state index < -0.39 is 0 Å². The molecule has 0 rings (SSSR count). The monoisotopic (exact) mass is 214 g/mol. The van der Waals surface area contributed by atoms with Crippen LogP contribution < -0.4 is 0 Å². The molecule has 2 heteroatoms. The first kappa shape index (κ1) is 14.7. The summed E-state index contributed by atoms with van der Waals surface area (Å²) in [5, 5.41) is 18.1. The van der Waals surface area contributed by atoms with Gasteiger partial charge in [-0.25, -0.2) is 0 Å². The maximum atomic E-state index is 9.63. The molecule has 0 aliphatic carbocycles. The molecule has 0 amide bonds. The largest absolute Gasteiger partial charge is 0.393 e. The number of aliphatic hydroxyl groups is 2. The first-order chi connectivity index (χ1) is 7.31. The second-order valence-electron chi connectivity index (χ2n) is 4.09. The molecule has 0 fully saturated rings. The number of aliphatic hydroxyl groups excluding tert-OH is 2. The fourth-order valence-electron chi connectivity index (χ4n) is 1.61. The molecule has 0 aliphatic rings. The highest BCUT2D eigenvalue weighted by molar-refractivity contribution is 4.80. The molecular weight excluding hydrogens is 188 g/mol. The molecule has 0 aromatic rings. The van der Waals surface area contributed by atoms with E-state index in [0.29, 0.717) is 0 Å². The van der Waals surface area contributed by atoms with Crippen molar-refractivity contribution >= 4 is 0 Å². The summed E-state index contributed by atoms with van der Waals surface area (Å²) in [5.41, 5.74) is 0. The summed E-state index contributed by atoms with van der Waals surface area (Å²) < 4.78 is 0. The second-order valence-corrected chi connectivity index (χ2v) is 4.09. The highest BCUT2D eigenvalue weighted by atomic mass is 16.3. The molecular formula is C13H26O2.